The number of aromatic amines is 1. The Kier molecular flexibility index (Phi) is 3.83. The average molecular weight is 393 g/mol. The third kappa shape index (κ3) is 2.79. The fourth-order valence-corrected chi connectivity index (χ4v) is 4.73. The van der Waals surface area contributed by atoms with Gasteiger partial charge >= 0.3 is 0 Å². The summed E-state index contributed by atoms with van der Waals surface area (Å²) < 4.78 is 40.5. The van der Waals surface area contributed by atoms with Crippen LogP contribution in [-0.4, -0.2) is 52.6 Å². The van der Waals surface area contributed by atoms with Gasteiger partial charge in [-0.15, -0.1) is 0 Å². The summed E-state index contributed by atoms with van der Waals surface area (Å²) in [5, 5.41) is 3.08. The summed E-state index contributed by atoms with van der Waals surface area (Å²) >= 11 is 0. The molecular weight excluding hydrogens is 373 g/mol. The van der Waals surface area contributed by atoms with E-state index in [1.807, 2.05) is 6.20 Å². The fraction of sp³-hybridized carbons (Fsp3) is 0.412. The molecule has 0 unspecified atom stereocenters. The molecule has 0 aliphatic carbocycles. The molecule has 1 aromatic carbocycles. The molecule has 1 aliphatic rings. The number of hydrogen-bond acceptors (Lipinski definition) is 4. The topological polar surface area (TPSA) is 114 Å². The van der Waals surface area contributed by atoms with Crippen LogP contribution in [-0.2, 0) is 15.4 Å². The number of carbonyl (C=O) groups excluding carboxylic acids is 1. The Balaban J connectivity index is 1.82. The van der Waals surface area contributed by atoms with Crippen LogP contribution in [0, 0.1) is 5.82 Å². The first kappa shape index (κ1) is 17.9. The maximum atomic E-state index is 13.8. The Morgan fingerprint density at radius 3 is 2.59 bits per heavy atom. The third-order valence-corrected chi connectivity index (χ3v) is 6.81. The summed E-state index contributed by atoms with van der Waals surface area (Å²) in [5.41, 5.74) is 7.44. The highest BCUT2D eigenvalue weighted by Gasteiger charge is 2.37. The quantitative estimate of drug-likeness (QED) is 0.699. The summed E-state index contributed by atoms with van der Waals surface area (Å²) in [6.07, 6.45) is 4.29. The SMILES string of the molecule is CC1(c2c[nH]n3c2nc2cc(F)cc(C(N)=O)c23)CCN(S(C)(=O)=O)CC1. The molecule has 0 radical (unpaired) electrons. The van der Waals surface area contributed by atoms with Crippen LogP contribution < -0.4 is 5.73 Å². The molecule has 0 bridgehead atoms. The monoisotopic (exact) mass is 393 g/mol. The first-order valence-electron chi connectivity index (χ1n) is 8.55. The molecule has 1 amide bonds. The summed E-state index contributed by atoms with van der Waals surface area (Å²) in [6.45, 7) is 2.91. The third-order valence-electron chi connectivity index (χ3n) is 5.51. The van der Waals surface area contributed by atoms with Crippen LogP contribution in [0.4, 0.5) is 4.39 Å². The van der Waals surface area contributed by atoms with E-state index in [2.05, 4.69) is 17.0 Å². The number of nitrogens with one attached hydrogen (secondary N) is 1. The molecular formula is C17H20FN5O3S. The van der Waals surface area contributed by atoms with Gasteiger partial charge < -0.3 is 5.73 Å². The molecule has 144 valence electrons. The molecule has 27 heavy (non-hydrogen) atoms. The number of nitrogens with zero attached hydrogens (tertiary/aromatic N) is 3. The number of halogens is 1. The van der Waals surface area contributed by atoms with Gasteiger partial charge in [-0.3, -0.25) is 9.89 Å². The van der Waals surface area contributed by atoms with Crippen molar-refractivity contribution in [1.82, 2.24) is 18.9 Å². The van der Waals surface area contributed by atoms with Crippen LogP contribution in [0.3, 0.4) is 0 Å². The molecule has 10 heteroatoms. The van der Waals surface area contributed by atoms with Crippen LogP contribution in [0.25, 0.3) is 16.7 Å². The standard InChI is InChI=1S/C17H20FN5O3S/c1-17(3-5-22(6-4-17)27(2,25)26)12-9-20-23-14-11(15(19)24)7-10(18)8-13(14)21-16(12)23/h7-9,20H,3-6H2,1-2H3,(H2,19,24). The Bertz CT molecular complexity index is 1170. The van der Waals surface area contributed by atoms with E-state index >= 15 is 0 Å². The van der Waals surface area contributed by atoms with Crippen LogP contribution >= 0.6 is 0 Å². The van der Waals surface area contributed by atoms with Gasteiger partial charge in [-0.1, -0.05) is 6.92 Å². The number of fused-ring (bicyclic) bond motifs is 3. The Morgan fingerprint density at radius 1 is 1.33 bits per heavy atom. The zero-order valence-corrected chi connectivity index (χ0v) is 15.8. The van der Waals surface area contributed by atoms with Gasteiger partial charge in [-0.25, -0.2) is 26.6 Å². The van der Waals surface area contributed by atoms with Crippen molar-refractivity contribution in [3.05, 3.63) is 35.3 Å². The summed E-state index contributed by atoms with van der Waals surface area (Å²) in [6, 6.07) is 2.37. The van der Waals surface area contributed by atoms with Gasteiger partial charge in [-0.05, 0) is 18.9 Å². The maximum absolute atomic E-state index is 13.8. The van der Waals surface area contributed by atoms with Crippen LogP contribution in [0.15, 0.2) is 18.3 Å². The van der Waals surface area contributed by atoms with Crippen molar-refractivity contribution in [2.24, 2.45) is 5.73 Å². The first-order chi connectivity index (χ1) is 12.6. The second-order valence-corrected chi connectivity index (χ2v) is 9.35. The van der Waals surface area contributed by atoms with E-state index < -0.39 is 21.7 Å². The number of carbonyl (C=O) groups is 1. The van der Waals surface area contributed by atoms with Gasteiger partial charge in [-0.2, -0.15) is 0 Å². The Hall–Kier alpha value is -2.46. The number of hydrogen-bond donors (Lipinski definition) is 2. The highest BCUT2D eigenvalue weighted by molar-refractivity contribution is 7.88. The van der Waals surface area contributed by atoms with Gasteiger partial charge in [0.1, 0.15) is 11.3 Å². The minimum atomic E-state index is -3.22. The maximum Gasteiger partial charge on any atom is 0.251 e. The van der Waals surface area contributed by atoms with Gasteiger partial charge in [0.05, 0.1) is 17.3 Å². The average Bonchev–Trinajstić information content (AvgIpc) is 3.12. The first-order valence-corrected chi connectivity index (χ1v) is 10.4. The Labute approximate surface area is 155 Å². The molecule has 3 heterocycles. The second-order valence-electron chi connectivity index (χ2n) is 7.37. The zero-order chi connectivity index (χ0) is 19.6. The lowest BCUT2D eigenvalue weighted by molar-refractivity contribution is 0.100. The predicted octanol–water partition coefficient (Wildman–Crippen LogP) is 1.37. The fourth-order valence-electron chi connectivity index (χ4n) is 3.89. The van der Waals surface area contributed by atoms with E-state index in [9.17, 15) is 17.6 Å². The predicted molar refractivity (Wildman–Crippen MR) is 98.5 cm³/mol. The van der Waals surface area contributed by atoms with Gasteiger partial charge in [0.25, 0.3) is 5.91 Å². The van der Waals surface area contributed by atoms with Crippen molar-refractivity contribution in [2.45, 2.75) is 25.2 Å². The van der Waals surface area contributed by atoms with Crippen molar-refractivity contribution in [3.63, 3.8) is 0 Å². The zero-order valence-electron chi connectivity index (χ0n) is 15.0. The van der Waals surface area contributed by atoms with E-state index in [-0.39, 0.29) is 11.0 Å². The van der Waals surface area contributed by atoms with Crippen LogP contribution in [0.2, 0.25) is 0 Å². The van der Waals surface area contributed by atoms with E-state index in [0.29, 0.717) is 42.6 Å². The number of benzene rings is 1. The van der Waals surface area contributed by atoms with Gasteiger partial charge in [0, 0.05) is 36.3 Å². The van der Waals surface area contributed by atoms with Crippen LogP contribution in [0.1, 0.15) is 35.7 Å². The molecule has 1 fully saturated rings. The van der Waals surface area contributed by atoms with E-state index in [1.54, 1.807) is 4.52 Å². The molecule has 2 aromatic heterocycles. The molecule has 8 nitrogen and oxygen atoms in total. The number of piperidine rings is 1. The highest BCUT2D eigenvalue weighted by atomic mass is 32.2. The number of amides is 1. The minimum Gasteiger partial charge on any atom is -0.366 e. The van der Waals surface area contributed by atoms with Crippen molar-refractivity contribution in [3.8, 4) is 0 Å². The summed E-state index contributed by atoms with van der Waals surface area (Å²) in [4.78, 5) is 16.3. The number of H-pyrrole nitrogens is 1. The van der Waals surface area contributed by atoms with Crippen molar-refractivity contribution in [2.75, 3.05) is 19.3 Å². The van der Waals surface area contributed by atoms with E-state index in [0.717, 1.165) is 11.6 Å². The number of nitrogens with two attached hydrogens (primary N) is 1. The number of primary amides is 1. The second kappa shape index (κ2) is 5.77. The largest absolute Gasteiger partial charge is 0.366 e. The van der Waals surface area contributed by atoms with Gasteiger partial charge in [0.15, 0.2) is 5.65 Å². The lowest BCUT2D eigenvalue weighted by atomic mass is 9.76. The molecule has 1 aliphatic heterocycles. The molecule has 0 atom stereocenters. The van der Waals surface area contributed by atoms with E-state index in [1.165, 1.54) is 16.6 Å². The Morgan fingerprint density at radius 2 is 2.00 bits per heavy atom. The molecule has 3 aromatic rings. The molecule has 3 N–H and O–H groups in total. The normalized spacial score (nSPS) is 18.3. The number of sulfonamides is 1. The van der Waals surface area contributed by atoms with Crippen molar-refractivity contribution >= 4 is 32.6 Å². The van der Waals surface area contributed by atoms with Gasteiger partial charge in [0.2, 0.25) is 10.0 Å². The lowest BCUT2D eigenvalue weighted by Crippen LogP contribution is -2.43. The molecule has 0 saturated carbocycles. The number of imidazole rings is 1. The molecule has 1 saturated heterocycles. The lowest BCUT2D eigenvalue weighted by Gasteiger charge is -2.37. The summed E-state index contributed by atoms with van der Waals surface area (Å²) in [7, 11) is -3.22. The molecule has 0 spiro atoms. The van der Waals surface area contributed by atoms with Crippen molar-refractivity contribution in [1.29, 1.82) is 0 Å². The minimum absolute atomic E-state index is 0.0583. The molecule has 4 rings (SSSR count). The highest BCUT2D eigenvalue weighted by Crippen LogP contribution is 2.38. The van der Waals surface area contributed by atoms with Crippen molar-refractivity contribution < 1.29 is 17.6 Å². The number of rotatable bonds is 3. The van der Waals surface area contributed by atoms with Crippen LogP contribution in [0.5, 0.6) is 0 Å². The number of aromatic nitrogens is 3. The summed E-state index contributed by atoms with van der Waals surface area (Å²) in [5.74, 6) is -1.31. The smallest absolute Gasteiger partial charge is 0.251 e. The van der Waals surface area contributed by atoms with E-state index in [4.69, 9.17) is 5.73 Å².